The van der Waals surface area contributed by atoms with Crippen molar-refractivity contribution < 1.29 is 0 Å². The van der Waals surface area contributed by atoms with Gasteiger partial charge in [0, 0.05) is 0 Å². The van der Waals surface area contributed by atoms with Crippen molar-refractivity contribution in [2.24, 2.45) is 23.7 Å². The van der Waals surface area contributed by atoms with E-state index >= 15 is 0 Å². The van der Waals surface area contributed by atoms with Crippen molar-refractivity contribution in [2.75, 3.05) is 0 Å². The zero-order chi connectivity index (χ0) is 12.6. The van der Waals surface area contributed by atoms with Crippen LogP contribution < -0.4 is 0 Å². The minimum absolute atomic E-state index is 0.832. The average Bonchev–Trinajstić information content (AvgIpc) is 2.23. The van der Waals surface area contributed by atoms with Crippen molar-refractivity contribution in [1.29, 1.82) is 0 Å². The summed E-state index contributed by atoms with van der Waals surface area (Å²) in [7, 11) is 0. The van der Waals surface area contributed by atoms with Gasteiger partial charge in [0.05, 0.1) is 0 Å². The van der Waals surface area contributed by atoms with E-state index in [4.69, 9.17) is 0 Å². The van der Waals surface area contributed by atoms with Crippen LogP contribution in [0.4, 0.5) is 0 Å². The molecule has 0 heterocycles. The smallest absolute Gasteiger partial charge is 0.0322 e. The van der Waals surface area contributed by atoms with Crippen LogP contribution in [0, 0.1) is 23.7 Å². The quantitative estimate of drug-likeness (QED) is 0.465. The molecule has 0 aromatic carbocycles. The predicted molar refractivity (Wildman–Crippen MR) is 75.6 cm³/mol. The van der Waals surface area contributed by atoms with Crippen LogP contribution in [0.2, 0.25) is 0 Å². The van der Waals surface area contributed by atoms with Gasteiger partial charge in [-0.1, -0.05) is 53.2 Å². The van der Waals surface area contributed by atoms with Crippen LogP contribution in [-0.4, -0.2) is 0 Å². The summed E-state index contributed by atoms with van der Waals surface area (Å²) in [4.78, 5) is 0. The van der Waals surface area contributed by atoms with E-state index in [1.807, 2.05) is 0 Å². The maximum absolute atomic E-state index is 2.43. The SMILES string of the molecule is CC=CCC(CC)CC(C)CC(C)C(C)C. The molecular formula is C16H32. The van der Waals surface area contributed by atoms with Crippen molar-refractivity contribution in [3.63, 3.8) is 0 Å². The highest BCUT2D eigenvalue weighted by molar-refractivity contribution is 4.80. The van der Waals surface area contributed by atoms with Crippen molar-refractivity contribution in [1.82, 2.24) is 0 Å². The zero-order valence-electron chi connectivity index (χ0n) is 12.3. The van der Waals surface area contributed by atoms with Gasteiger partial charge in [0.2, 0.25) is 0 Å². The Balaban J connectivity index is 3.95. The van der Waals surface area contributed by atoms with Crippen LogP contribution in [0.3, 0.4) is 0 Å². The minimum Gasteiger partial charge on any atom is -0.0917 e. The molecule has 0 saturated carbocycles. The first-order valence-electron chi connectivity index (χ1n) is 7.12. The molecule has 0 nitrogen and oxygen atoms in total. The third-order valence-corrected chi connectivity index (χ3v) is 3.93. The Labute approximate surface area is 104 Å². The van der Waals surface area contributed by atoms with Gasteiger partial charge in [0.15, 0.2) is 0 Å². The molecule has 3 unspecified atom stereocenters. The molecule has 0 aliphatic rings. The lowest BCUT2D eigenvalue weighted by atomic mass is 9.83. The molecule has 0 bridgehead atoms. The third kappa shape index (κ3) is 7.09. The van der Waals surface area contributed by atoms with E-state index in [-0.39, 0.29) is 0 Å². The van der Waals surface area contributed by atoms with Crippen LogP contribution >= 0.6 is 0 Å². The van der Waals surface area contributed by atoms with Gasteiger partial charge < -0.3 is 0 Å². The lowest BCUT2D eigenvalue weighted by molar-refractivity contribution is 0.286. The second-order valence-electron chi connectivity index (χ2n) is 5.88. The Morgan fingerprint density at radius 3 is 2.06 bits per heavy atom. The normalized spacial score (nSPS) is 17.9. The topological polar surface area (TPSA) is 0 Å². The molecule has 96 valence electrons. The Bertz CT molecular complexity index is 178. The van der Waals surface area contributed by atoms with Gasteiger partial charge in [-0.05, 0) is 49.9 Å². The minimum atomic E-state index is 0.832. The second kappa shape index (κ2) is 8.84. The van der Waals surface area contributed by atoms with E-state index < -0.39 is 0 Å². The molecule has 0 spiro atoms. The van der Waals surface area contributed by atoms with Crippen molar-refractivity contribution in [2.45, 2.75) is 67.2 Å². The molecule has 0 aliphatic heterocycles. The van der Waals surface area contributed by atoms with Crippen LogP contribution in [0.15, 0.2) is 12.2 Å². The van der Waals surface area contributed by atoms with E-state index in [9.17, 15) is 0 Å². The molecule has 3 atom stereocenters. The first-order chi connectivity index (χ1) is 7.51. The van der Waals surface area contributed by atoms with E-state index in [0.29, 0.717) is 0 Å². The fourth-order valence-electron chi connectivity index (χ4n) is 2.33. The van der Waals surface area contributed by atoms with E-state index in [2.05, 4.69) is 53.7 Å². The van der Waals surface area contributed by atoms with E-state index in [1.54, 1.807) is 0 Å². The molecule has 0 fully saturated rings. The Morgan fingerprint density at radius 1 is 1.00 bits per heavy atom. The third-order valence-electron chi connectivity index (χ3n) is 3.93. The average molecular weight is 224 g/mol. The first kappa shape index (κ1) is 15.7. The molecule has 0 aromatic heterocycles. The molecule has 0 saturated heterocycles. The summed E-state index contributed by atoms with van der Waals surface area (Å²) in [5.41, 5.74) is 0. The highest BCUT2D eigenvalue weighted by Gasteiger charge is 2.15. The van der Waals surface area contributed by atoms with Crippen LogP contribution in [0.25, 0.3) is 0 Å². The molecule has 0 rings (SSSR count). The molecule has 0 radical (unpaired) electrons. The summed E-state index contributed by atoms with van der Waals surface area (Å²) < 4.78 is 0. The Morgan fingerprint density at radius 2 is 1.62 bits per heavy atom. The molecule has 0 N–H and O–H groups in total. The van der Waals surface area contributed by atoms with Crippen molar-refractivity contribution in [3.05, 3.63) is 12.2 Å². The van der Waals surface area contributed by atoms with Gasteiger partial charge in [-0.25, -0.2) is 0 Å². The molecule has 16 heavy (non-hydrogen) atoms. The standard InChI is InChI=1S/C16H32/c1-7-9-10-16(8-2)12-14(5)11-15(6)13(3)4/h7,9,13-16H,8,10-12H2,1-6H3. The summed E-state index contributed by atoms with van der Waals surface area (Å²) >= 11 is 0. The van der Waals surface area contributed by atoms with Crippen molar-refractivity contribution >= 4 is 0 Å². The maximum Gasteiger partial charge on any atom is -0.0322 e. The van der Waals surface area contributed by atoms with Crippen LogP contribution in [-0.2, 0) is 0 Å². The molecule has 0 aliphatic carbocycles. The largest absolute Gasteiger partial charge is 0.0917 e. The second-order valence-corrected chi connectivity index (χ2v) is 5.88. The number of rotatable bonds is 8. The monoisotopic (exact) mass is 224 g/mol. The molecule has 0 heteroatoms. The van der Waals surface area contributed by atoms with Gasteiger partial charge in [0.1, 0.15) is 0 Å². The van der Waals surface area contributed by atoms with E-state index in [0.717, 1.165) is 23.7 Å². The highest BCUT2D eigenvalue weighted by Crippen LogP contribution is 2.27. The summed E-state index contributed by atoms with van der Waals surface area (Å²) in [6.45, 7) is 14.0. The molecule has 0 amide bonds. The van der Waals surface area contributed by atoms with Gasteiger partial charge in [-0.3, -0.25) is 0 Å². The fraction of sp³-hybridized carbons (Fsp3) is 0.875. The zero-order valence-corrected chi connectivity index (χ0v) is 12.3. The van der Waals surface area contributed by atoms with Crippen molar-refractivity contribution in [3.8, 4) is 0 Å². The van der Waals surface area contributed by atoms with Crippen LogP contribution in [0.1, 0.15) is 67.2 Å². The highest BCUT2D eigenvalue weighted by atomic mass is 14.2. The van der Waals surface area contributed by atoms with Gasteiger partial charge in [-0.15, -0.1) is 0 Å². The van der Waals surface area contributed by atoms with Crippen LogP contribution in [0.5, 0.6) is 0 Å². The number of hydrogen-bond acceptors (Lipinski definition) is 0. The maximum atomic E-state index is 2.43. The van der Waals surface area contributed by atoms with E-state index in [1.165, 1.54) is 25.7 Å². The summed E-state index contributed by atoms with van der Waals surface area (Å²) in [5.74, 6) is 3.48. The number of allylic oxidation sites excluding steroid dienone is 2. The van der Waals surface area contributed by atoms with Gasteiger partial charge in [0.25, 0.3) is 0 Å². The predicted octanol–water partition coefficient (Wildman–Crippen LogP) is 5.69. The van der Waals surface area contributed by atoms with Gasteiger partial charge >= 0.3 is 0 Å². The fourth-order valence-corrected chi connectivity index (χ4v) is 2.33. The summed E-state index contributed by atoms with van der Waals surface area (Å²) in [6.07, 6.45) is 9.90. The Hall–Kier alpha value is -0.260. The van der Waals surface area contributed by atoms with Gasteiger partial charge in [-0.2, -0.15) is 0 Å². The first-order valence-corrected chi connectivity index (χ1v) is 7.12. The number of hydrogen-bond donors (Lipinski definition) is 0. The molecule has 0 aromatic rings. The lowest BCUT2D eigenvalue weighted by Crippen LogP contribution is -2.12. The summed E-state index contributed by atoms with van der Waals surface area (Å²) in [5, 5.41) is 0. The Kier molecular flexibility index (Phi) is 8.70. The molecular weight excluding hydrogens is 192 g/mol. The lowest BCUT2D eigenvalue weighted by Gasteiger charge is -2.23. The summed E-state index contributed by atoms with van der Waals surface area (Å²) in [6, 6.07) is 0.